The Balaban J connectivity index is 0.00000243. The highest BCUT2D eigenvalue weighted by Gasteiger charge is 2.20. The lowest BCUT2D eigenvalue weighted by molar-refractivity contribution is -0.384. The number of rotatable bonds is 7. The molecular formula is C17H22Cl2N4O2S. The van der Waals surface area contributed by atoms with Crippen LogP contribution in [0.4, 0.5) is 5.69 Å². The quantitative estimate of drug-likeness (QED) is 0.544. The van der Waals surface area contributed by atoms with Crippen LogP contribution < -0.4 is 5.32 Å². The first-order chi connectivity index (χ1) is 12.0. The van der Waals surface area contributed by atoms with Crippen LogP contribution in [0.3, 0.4) is 0 Å². The zero-order chi connectivity index (χ0) is 17.8. The van der Waals surface area contributed by atoms with Gasteiger partial charge < -0.3 is 5.32 Å². The highest BCUT2D eigenvalue weighted by atomic mass is 35.5. The monoisotopic (exact) mass is 416 g/mol. The topological polar surface area (TPSA) is 71.3 Å². The van der Waals surface area contributed by atoms with Gasteiger partial charge >= 0.3 is 0 Å². The summed E-state index contributed by atoms with van der Waals surface area (Å²) in [6.45, 7) is 6.68. The molecule has 6 nitrogen and oxygen atoms in total. The van der Waals surface area contributed by atoms with Crippen molar-refractivity contribution >= 4 is 41.0 Å². The molecule has 0 amide bonds. The largest absolute Gasteiger partial charge is 0.316 e. The lowest BCUT2D eigenvalue weighted by atomic mass is 10.1. The van der Waals surface area contributed by atoms with Crippen LogP contribution in [-0.4, -0.2) is 34.4 Å². The van der Waals surface area contributed by atoms with Crippen molar-refractivity contribution in [2.75, 3.05) is 19.6 Å². The molecule has 1 aromatic carbocycles. The third-order valence-electron chi connectivity index (χ3n) is 4.51. The molecule has 0 saturated carbocycles. The van der Waals surface area contributed by atoms with Crippen LogP contribution in [-0.2, 0) is 13.1 Å². The van der Waals surface area contributed by atoms with Gasteiger partial charge in [-0.3, -0.25) is 15.0 Å². The Morgan fingerprint density at radius 3 is 2.85 bits per heavy atom. The molecular weight excluding hydrogens is 395 g/mol. The standard InChI is InChI=1S/C17H21ClN4O2S.ClH/c1-12-17(25-11-20-12)10-21(9-14-4-5-19-7-14)8-13-2-3-16(22(23)24)15(18)6-13;/h2-3,6,11,14,19H,4-5,7-10H2,1H3;1H. The number of benzene rings is 1. The van der Waals surface area contributed by atoms with Crippen molar-refractivity contribution in [3.63, 3.8) is 0 Å². The number of nitrogens with zero attached hydrogens (tertiary/aromatic N) is 3. The summed E-state index contributed by atoms with van der Waals surface area (Å²) in [6.07, 6.45) is 1.18. The van der Waals surface area contributed by atoms with Crippen molar-refractivity contribution in [1.82, 2.24) is 15.2 Å². The molecule has 1 N–H and O–H groups in total. The molecule has 142 valence electrons. The molecule has 9 heteroatoms. The van der Waals surface area contributed by atoms with Crippen LogP contribution in [0.1, 0.15) is 22.6 Å². The lowest BCUT2D eigenvalue weighted by Gasteiger charge is -2.25. The lowest BCUT2D eigenvalue weighted by Crippen LogP contribution is -2.30. The maximum absolute atomic E-state index is 10.9. The van der Waals surface area contributed by atoms with Crippen molar-refractivity contribution in [3.8, 4) is 0 Å². The minimum atomic E-state index is -0.450. The maximum atomic E-state index is 10.9. The molecule has 1 aliphatic rings. The predicted molar refractivity (Wildman–Crippen MR) is 107 cm³/mol. The SMILES string of the molecule is Cc1ncsc1CN(Cc1ccc([N+](=O)[O-])c(Cl)c1)CC1CCNC1.Cl. The summed E-state index contributed by atoms with van der Waals surface area (Å²) in [5, 5.41) is 14.5. The van der Waals surface area contributed by atoms with Gasteiger partial charge in [-0.15, -0.1) is 23.7 Å². The van der Waals surface area contributed by atoms with Gasteiger partial charge in [0, 0.05) is 30.6 Å². The number of halogens is 2. The summed E-state index contributed by atoms with van der Waals surface area (Å²) >= 11 is 7.74. The molecule has 1 saturated heterocycles. The highest BCUT2D eigenvalue weighted by Crippen LogP contribution is 2.26. The Morgan fingerprint density at radius 2 is 2.27 bits per heavy atom. The van der Waals surface area contributed by atoms with Crippen molar-refractivity contribution in [2.24, 2.45) is 5.92 Å². The Hall–Kier alpha value is -1.25. The van der Waals surface area contributed by atoms with Gasteiger partial charge in [0.2, 0.25) is 0 Å². The fourth-order valence-electron chi connectivity index (χ4n) is 3.16. The Kier molecular flexibility index (Phi) is 7.79. The van der Waals surface area contributed by atoms with E-state index in [1.165, 1.54) is 17.4 Å². The second-order valence-electron chi connectivity index (χ2n) is 6.43. The van der Waals surface area contributed by atoms with Gasteiger partial charge in [-0.1, -0.05) is 17.7 Å². The molecule has 1 fully saturated rings. The summed E-state index contributed by atoms with van der Waals surface area (Å²) in [5.74, 6) is 0.627. The number of nitro groups is 1. The minimum Gasteiger partial charge on any atom is -0.316 e. The second kappa shape index (κ2) is 9.62. The van der Waals surface area contributed by atoms with E-state index in [-0.39, 0.29) is 23.1 Å². The van der Waals surface area contributed by atoms with Crippen molar-refractivity contribution in [3.05, 3.63) is 55.0 Å². The summed E-state index contributed by atoms with van der Waals surface area (Å²) in [6, 6.07) is 4.99. The molecule has 1 aromatic heterocycles. The van der Waals surface area contributed by atoms with Crippen LogP contribution >= 0.6 is 35.3 Å². The second-order valence-corrected chi connectivity index (χ2v) is 7.78. The smallest absolute Gasteiger partial charge is 0.287 e. The fourth-order valence-corrected chi connectivity index (χ4v) is 4.25. The zero-order valence-corrected chi connectivity index (χ0v) is 16.9. The van der Waals surface area contributed by atoms with Crippen LogP contribution in [0.5, 0.6) is 0 Å². The average molecular weight is 417 g/mol. The molecule has 3 rings (SSSR count). The van der Waals surface area contributed by atoms with Gasteiger partial charge in [0.25, 0.3) is 5.69 Å². The van der Waals surface area contributed by atoms with E-state index in [1.807, 2.05) is 12.4 Å². The van der Waals surface area contributed by atoms with Gasteiger partial charge in [0.1, 0.15) is 5.02 Å². The predicted octanol–water partition coefficient (Wildman–Crippen LogP) is 4.05. The molecule has 1 unspecified atom stereocenters. The van der Waals surface area contributed by atoms with Crippen LogP contribution in [0, 0.1) is 23.0 Å². The first kappa shape index (κ1) is 21.1. The first-order valence-electron chi connectivity index (χ1n) is 8.28. The maximum Gasteiger partial charge on any atom is 0.287 e. The average Bonchev–Trinajstić information content (AvgIpc) is 3.19. The molecule has 1 atom stereocenters. The number of nitro benzene ring substituents is 1. The van der Waals surface area contributed by atoms with Gasteiger partial charge in [-0.05, 0) is 44.0 Å². The number of aromatic nitrogens is 1. The van der Waals surface area contributed by atoms with E-state index in [9.17, 15) is 10.1 Å². The highest BCUT2D eigenvalue weighted by molar-refractivity contribution is 7.09. The summed E-state index contributed by atoms with van der Waals surface area (Å²) < 4.78 is 0. The van der Waals surface area contributed by atoms with E-state index in [4.69, 9.17) is 11.6 Å². The number of aryl methyl sites for hydroxylation is 1. The van der Waals surface area contributed by atoms with Gasteiger partial charge in [0.15, 0.2) is 0 Å². The van der Waals surface area contributed by atoms with Crippen molar-refractivity contribution < 1.29 is 4.92 Å². The van der Waals surface area contributed by atoms with Crippen LogP contribution in [0.15, 0.2) is 23.7 Å². The fraction of sp³-hybridized carbons (Fsp3) is 0.471. The molecule has 1 aliphatic heterocycles. The molecule has 26 heavy (non-hydrogen) atoms. The number of thiazole rings is 1. The zero-order valence-electron chi connectivity index (χ0n) is 14.5. The van der Waals surface area contributed by atoms with E-state index in [0.29, 0.717) is 12.5 Å². The number of nitrogens with one attached hydrogen (secondary N) is 1. The Morgan fingerprint density at radius 1 is 1.46 bits per heavy atom. The van der Waals surface area contributed by atoms with E-state index in [1.54, 1.807) is 23.5 Å². The molecule has 2 heterocycles. The molecule has 0 radical (unpaired) electrons. The normalized spacial score (nSPS) is 16.7. The van der Waals surface area contributed by atoms with E-state index in [2.05, 4.69) is 15.2 Å². The van der Waals surface area contributed by atoms with Crippen molar-refractivity contribution in [1.29, 1.82) is 0 Å². The Labute approximate surface area is 168 Å². The minimum absolute atomic E-state index is 0. The number of hydrogen-bond acceptors (Lipinski definition) is 6. The van der Waals surface area contributed by atoms with Gasteiger partial charge in [-0.25, -0.2) is 4.98 Å². The summed E-state index contributed by atoms with van der Waals surface area (Å²) in [7, 11) is 0. The van der Waals surface area contributed by atoms with E-state index in [0.717, 1.165) is 37.4 Å². The third-order valence-corrected chi connectivity index (χ3v) is 5.73. The molecule has 0 spiro atoms. The Bertz CT molecular complexity index is 750. The van der Waals surface area contributed by atoms with E-state index >= 15 is 0 Å². The summed E-state index contributed by atoms with van der Waals surface area (Å²) in [5.41, 5.74) is 3.89. The van der Waals surface area contributed by atoms with Gasteiger partial charge in [-0.2, -0.15) is 0 Å². The van der Waals surface area contributed by atoms with Crippen LogP contribution in [0.25, 0.3) is 0 Å². The summed E-state index contributed by atoms with van der Waals surface area (Å²) in [4.78, 5) is 18.5. The molecule has 0 aliphatic carbocycles. The first-order valence-corrected chi connectivity index (χ1v) is 9.53. The van der Waals surface area contributed by atoms with Crippen molar-refractivity contribution in [2.45, 2.75) is 26.4 Å². The van der Waals surface area contributed by atoms with Gasteiger partial charge in [0.05, 0.1) is 16.1 Å². The third kappa shape index (κ3) is 5.37. The van der Waals surface area contributed by atoms with E-state index < -0.39 is 4.92 Å². The molecule has 2 aromatic rings. The van der Waals surface area contributed by atoms with Crippen LogP contribution in [0.2, 0.25) is 5.02 Å². The molecule has 0 bridgehead atoms. The number of hydrogen-bond donors (Lipinski definition) is 1.